The molecule has 1 aromatic rings. The van der Waals surface area contributed by atoms with Gasteiger partial charge in [-0.05, 0) is 13.0 Å². The van der Waals surface area contributed by atoms with Gasteiger partial charge in [-0.1, -0.05) is 6.92 Å². The highest BCUT2D eigenvalue weighted by Gasteiger charge is 2.17. The molecule has 1 aromatic heterocycles. The highest BCUT2D eigenvalue weighted by molar-refractivity contribution is 5.90. The van der Waals surface area contributed by atoms with Gasteiger partial charge in [0.25, 0.3) is 0 Å². The number of amides is 1. The number of nitrogens with zero attached hydrogens (tertiary/aromatic N) is 1. The van der Waals surface area contributed by atoms with Gasteiger partial charge in [0.1, 0.15) is 17.1 Å². The number of carbonyl (C=O) groups is 2. The van der Waals surface area contributed by atoms with Gasteiger partial charge in [-0.25, -0.2) is 4.79 Å². The number of hydrogen-bond donors (Lipinski definition) is 0. The molecule has 0 N–H and O–H groups in total. The SMILES string of the molecule is CCC(=O)N(C)Cc1cc(C(=O)OC)c(C)o1. The summed E-state index contributed by atoms with van der Waals surface area (Å²) in [5.74, 6) is 0.678. The molecule has 0 aliphatic rings. The van der Waals surface area contributed by atoms with Crippen LogP contribution in [0.25, 0.3) is 0 Å². The molecule has 0 aliphatic carbocycles. The number of rotatable bonds is 4. The first-order valence-corrected chi connectivity index (χ1v) is 5.41. The average molecular weight is 239 g/mol. The van der Waals surface area contributed by atoms with E-state index in [4.69, 9.17) is 4.42 Å². The van der Waals surface area contributed by atoms with Crippen molar-refractivity contribution in [3.63, 3.8) is 0 Å². The van der Waals surface area contributed by atoms with E-state index < -0.39 is 5.97 Å². The number of ether oxygens (including phenoxy) is 1. The predicted octanol–water partition coefficient (Wildman–Crippen LogP) is 1.74. The third-order valence-electron chi connectivity index (χ3n) is 2.50. The molecule has 1 heterocycles. The van der Waals surface area contributed by atoms with E-state index in [0.717, 1.165) is 0 Å². The number of methoxy groups -OCH3 is 1. The van der Waals surface area contributed by atoms with Gasteiger partial charge in [0.2, 0.25) is 5.91 Å². The lowest BCUT2D eigenvalue weighted by Gasteiger charge is -2.13. The molecule has 1 amide bonds. The molecule has 1 rings (SSSR count). The Hall–Kier alpha value is -1.78. The molecule has 0 radical (unpaired) electrons. The summed E-state index contributed by atoms with van der Waals surface area (Å²) in [7, 11) is 3.02. The first-order chi connectivity index (χ1) is 7.99. The molecule has 0 saturated carbocycles. The molecule has 0 bridgehead atoms. The second-order valence-electron chi connectivity index (χ2n) is 3.78. The van der Waals surface area contributed by atoms with Crippen LogP contribution in [0.1, 0.15) is 35.2 Å². The Labute approximate surface area is 100 Å². The van der Waals surface area contributed by atoms with Crippen molar-refractivity contribution in [2.75, 3.05) is 14.2 Å². The summed E-state index contributed by atoms with van der Waals surface area (Å²) in [6.07, 6.45) is 0.444. The number of esters is 1. The molecule has 0 atom stereocenters. The third-order valence-corrected chi connectivity index (χ3v) is 2.50. The van der Waals surface area contributed by atoms with Crippen LogP contribution in [0.4, 0.5) is 0 Å². The second kappa shape index (κ2) is 5.52. The first-order valence-electron chi connectivity index (χ1n) is 5.41. The maximum atomic E-state index is 11.4. The highest BCUT2D eigenvalue weighted by Crippen LogP contribution is 2.17. The summed E-state index contributed by atoms with van der Waals surface area (Å²) < 4.78 is 10.0. The Balaban J connectivity index is 2.80. The van der Waals surface area contributed by atoms with Crippen LogP contribution in [-0.4, -0.2) is 30.9 Å². The maximum Gasteiger partial charge on any atom is 0.341 e. The number of furan rings is 1. The van der Waals surface area contributed by atoms with E-state index in [1.807, 2.05) is 0 Å². The van der Waals surface area contributed by atoms with Crippen molar-refractivity contribution < 1.29 is 18.7 Å². The third kappa shape index (κ3) is 3.09. The molecule has 5 nitrogen and oxygen atoms in total. The van der Waals surface area contributed by atoms with Crippen LogP contribution in [0.15, 0.2) is 10.5 Å². The topological polar surface area (TPSA) is 59.8 Å². The van der Waals surface area contributed by atoms with Crippen molar-refractivity contribution >= 4 is 11.9 Å². The lowest BCUT2D eigenvalue weighted by Crippen LogP contribution is -2.24. The van der Waals surface area contributed by atoms with Gasteiger partial charge in [0.05, 0.1) is 13.7 Å². The number of aryl methyl sites for hydroxylation is 1. The normalized spacial score (nSPS) is 10.1. The minimum Gasteiger partial charge on any atom is -0.465 e. The van der Waals surface area contributed by atoms with Gasteiger partial charge in [-0.15, -0.1) is 0 Å². The summed E-state index contributed by atoms with van der Waals surface area (Å²) in [5, 5.41) is 0. The van der Waals surface area contributed by atoms with Crippen molar-refractivity contribution in [1.82, 2.24) is 4.90 Å². The zero-order valence-electron chi connectivity index (χ0n) is 10.6. The fraction of sp³-hybridized carbons (Fsp3) is 0.500. The van der Waals surface area contributed by atoms with Crippen LogP contribution < -0.4 is 0 Å². The maximum absolute atomic E-state index is 11.4. The molecule has 0 aliphatic heterocycles. The Kier molecular flexibility index (Phi) is 4.31. The van der Waals surface area contributed by atoms with Gasteiger partial charge < -0.3 is 14.1 Å². The van der Waals surface area contributed by atoms with E-state index in [-0.39, 0.29) is 5.91 Å². The minimum absolute atomic E-state index is 0.0265. The fourth-order valence-electron chi connectivity index (χ4n) is 1.53. The van der Waals surface area contributed by atoms with Crippen molar-refractivity contribution in [3.8, 4) is 0 Å². The summed E-state index contributed by atoms with van der Waals surface area (Å²) in [6.45, 7) is 3.84. The van der Waals surface area contributed by atoms with Gasteiger partial charge >= 0.3 is 5.97 Å². The molecular formula is C12H17NO4. The molecule has 0 fully saturated rings. The number of hydrogen-bond acceptors (Lipinski definition) is 4. The van der Waals surface area contributed by atoms with Crippen molar-refractivity contribution in [3.05, 3.63) is 23.2 Å². The van der Waals surface area contributed by atoms with E-state index in [0.29, 0.717) is 30.0 Å². The van der Waals surface area contributed by atoms with E-state index in [1.54, 1.807) is 31.9 Å². The van der Waals surface area contributed by atoms with Crippen molar-refractivity contribution in [2.45, 2.75) is 26.8 Å². The van der Waals surface area contributed by atoms with Crippen LogP contribution in [0.2, 0.25) is 0 Å². The summed E-state index contributed by atoms with van der Waals surface area (Å²) in [4.78, 5) is 24.3. The molecular weight excluding hydrogens is 222 g/mol. The Morgan fingerprint density at radius 2 is 2.12 bits per heavy atom. The quantitative estimate of drug-likeness (QED) is 0.751. The molecule has 0 saturated heterocycles. The predicted molar refractivity (Wildman–Crippen MR) is 61.5 cm³/mol. The zero-order valence-corrected chi connectivity index (χ0v) is 10.6. The summed E-state index contributed by atoms with van der Waals surface area (Å²) in [6, 6.07) is 1.61. The van der Waals surface area contributed by atoms with Crippen LogP contribution in [0, 0.1) is 6.92 Å². The largest absolute Gasteiger partial charge is 0.465 e. The van der Waals surface area contributed by atoms with E-state index in [9.17, 15) is 9.59 Å². The Bertz CT molecular complexity index is 422. The van der Waals surface area contributed by atoms with Crippen molar-refractivity contribution in [2.24, 2.45) is 0 Å². The Morgan fingerprint density at radius 3 is 2.65 bits per heavy atom. The van der Waals surface area contributed by atoms with Crippen LogP contribution in [0.5, 0.6) is 0 Å². The lowest BCUT2D eigenvalue weighted by atomic mass is 10.2. The van der Waals surface area contributed by atoms with Gasteiger partial charge in [-0.2, -0.15) is 0 Å². The highest BCUT2D eigenvalue weighted by atomic mass is 16.5. The van der Waals surface area contributed by atoms with Crippen LogP contribution >= 0.6 is 0 Å². The average Bonchev–Trinajstić information content (AvgIpc) is 2.67. The molecule has 0 spiro atoms. The molecule has 0 unspecified atom stereocenters. The fourth-order valence-corrected chi connectivity index (χ4v) is 1.53. The van der Waals surface area contributed by atoms with Crippen molar-refractivity contribution in [1.29, 1.82) is 0 Å². The van der Waals surface area contributed by atoms with Gasteiger partial charge in [-0.3, -0.25) is 4.79 Å². The first kappa shape index (κ1) is 13.3. The van der Waals surface area contributed by atoms with E-state index in [1.165, 1.54) is 7.11 Å². The van der Waals surface area contributed by atoms with Gasteiger partial charge in [0.15, 0.2) is 0 Å². The molecule has 94 valence electrons. The molecule has 17 heavy (non-hydrogen) atoms. The van der Waals surface area contributed by atoms with Crippen LogP contribution in [-0.2, 0) is 16.1 Å². The van der Waals surface area contributed by atoms with E-state index in [2.05, 4.69) is 4.74 Å². The summed E-state index contributed by atoms with van der Waals surface area (Å²) >= 11 is 0. The van der Waals surface area contributed by atoms with Gasteiger partial charge in [0, 0.05) is 13.5 Å². The summed E-state index contributed by atoms with van der Waals surface area (Å²) in [5.41, 5.74) is 0.403. The standard InChI is InChI=1S/C12H17NO4/c1-5-11(14)13(3)7-9-6-10(8(2)17-9)12(15)16-4/h6H,5,7H2,1-4H3. The smallest absolute Gasteiger partial charge is 0.341 e. The van der Waals surface area contributed by atoms with Crippen LogP contribution in [0.3, 0.4) is 0 Å². The second-order valence-corrected chi connectivity index (χ2v) is 3.78. The monoisotopic (exact) mass is 239 g/mol. The minimum atomic E-state index is -0.429. The Morgan fingerprint density at radius 1 is 1.47 bits per heavy atom. The molecule has 5 heteroatoms. The zero-order chi connectivity index (χ0) is 13.0. The lowest BCUT2D eigenvalue weighted by molar-refractivity contribution is -0.130. The molecule has 0 aromatic carbocycles. The van der Waals surface area contributed by atoms with E-state index >= 15 is 0 Å². The number of carbonyl (C=O) groups excluding carboxylic acids is 2.